The number of benzene rings is 8. The fourth-order valence-corrected chi connectivity index (χ4v) is 13.6. The molecule has 2 aliphatic rings. The van der Waals surface area contributed by atoms with Gasteiger partial charge >= 0.3 is 338 Å². The van der Waals surface area contributed by atoms with E-state index in [1.807, 2.05) is 42.5 Å². The predicted octanol–water partition coefficient (Wildman–Crippen LogP) is 10.5. The molecule has 4 heterocycles. The summed E-state index contributed by atoms with van der Waals surface area (Å²) in [5.41, 5.74) is 12.0. The third kappa shape index (κ3) is 4.47. The third-order valence-electron chi connectivity index (χ3n) is 12.5. The van der Waals surface area contributed by atoms with Gasteiger partial charge in [-0.3, -0.25) is 0 Å². The van der Waals surface area contributed by atoms with E-state index in [0.717, 1.165) is 60.8 Å². The summed E-state index contributed by atoms with van der Waals surface area (Å²) in [6, 6.07) is 72.8. The Balaban J connectivity index is 1.24. The van der Waals surface area contributed by atoms with Crippen LogP contribution in [0.5, 0.6) is 0 Å². The van der Waals surface area contributed by atoms with Crippen LogP contribution in [0.2, 0.25) is 0 Å². The van der Waals surface area contributed by atoms with E-state index in [1.54, 1.807) is 0 Å². The van der Waals surface area contributed by atoms with Crippen molar-refractivity contribution >= 4 is 45.2 Å². The summed E-state index contributed by atoms with van der Waals surface area (Å²) in [5, 5.41) is 5.40. The zero-order chi connectivity index (χ0) is 38.4. The zero-order valence-electron chi connectivity index (χ0n) is 31.4. The average Bonchev–Trinajstić information content (AvgIpc) is 3.65. The molecule has 1 spiro atoms. The van der Waals surface area contributed by atoms with Crippen molar-refractivity contribution in [3.8, 4) is 39.6 Å². The first-order valence-electron chi connectivity index (χ1n) is 19.8. The van der Waals surface area contributed by atoms with Crippen LogP contribution in [0.25, 0.3) is 61.4 Å². The first-order valence-corrected chi connectivity index (χ1v) is 21.8. The number of fused-ring (bicyclic) bond motifs is 11. The molecule has 0 fully saturated rings. The van der Waals surface area contributed by atoms with Crippen molar-refractivity contribution in [2.45, 2.75) is 5.41 Å². The predicted molar refractivity (Wildman–Crippen MR) is 240 cm³/mol. The van der Waals surface area contributed by atoms with Gasteiger partial charge in [0.2, 0.25) is 0 Å². The fourth-order valence-electron chi connectivity index (χ4n) is 10.1. The van der Waals surface area contributed by atoms with E-state index in [9.17, 15) is 4.89 Å². The van der Waals surface area contributed by atoms with Gasteiger partial charge in [-0.05, 0) is 0 Å². The second kappa shape index (κ2) is 12.5. The van der Waals surface area contributed by atoms with E-state index in [2.05, 4.69) is 168 Å². The SMILES string of the molecule is O[PH]1(c2ccccc2)c2ccccc2C2(c3ccccc3-n3c4ccccc4c4cccc2c43)c2cc(-c3cc(-c4ccccc4)nc(-c4ccccc4)n3)ccc21. The molecule has 5 heteroatoms. The minimum absolute atomic E-state index is 0.669. The van der Waals surface area contributed by atoms with Crippen LogP contribution in [0.1, 0.15) is 22.3 Å². The standard InChI is InChI=1S/C53H36N3OP/c57-58(38-21-8-3-9-22-38)49-30-15-12-26-42(49)53(41-25-11-14-29-48(41)56-47-28-13-10-23-39(47)40-24-16-27-43(53)51(40)56)44-33-37(31-32-50(44)58)46-34-45(35-17-4-1-5-18-35)54-52(55-46)36-19-6-2-7-20-36/h1-34,57-58H. The molecule has 4 nitrogen and oxygen atoms in total. The summed E-state index contributed by atoms with van der Waals surface area (Å²) in [4.78, 5) is 24.2. The number of para-hydroxylation sites is 3. The Morgan fingerprint density at radius 3 is 1.81 bits per heavy atom. The molecule has 0 saturated carbocycles. The number of hydrogen-bond acceptors (Lipinski definition) is 3. The van der Waals surface area contributed by atoms with Crippen LogP contribution in [-0.4, -0.2) is 19.4 Å². The zero-order valence-corrected chi connectivity index (χ0v) is 32.4. The van der Waals surface area contributed by atoms with Crippen LogP contribution in [0.15, 0.2) is 206 Å². The molecule has 1 N–H and O–H groups in total. The first kappa shape index (κ1) is 33.2. The second-order valence-electron chi connectivity index (χ2n) is 15.4. The van der Waals surface area contributed by atoms with E-state index in [0.29, 0.717) is 5.82 Å². The van der Waals surface area contributed by atoms with Gasteiger partial charge in [-0.1, -0.05) is 0 Å². The molecular weight excluding hydrogens is 726 g/mol. The van der Waals surface area contributed by atoms with E-state index in [4.69, 9.17) is 9.97 Å². The Bertz CT molecular complexity index is 3200. The molecule has 1 atom stereocenters. The number of rotatable bonds is 4. The van der Waals surface area contributed by atoms with Gasteiger partial charge in [0, 0.05) is 0 Å². The number of aromatic nitrogens is 3. The second-order valence-corrected chi connectivity index (χ2v) is 18.5. The minimum atomic E-state index is -3.58. The van der Waals surface area contributed by atoms with Gasteiger partial charge in [0.1, 0.15) is 0 Å². The average molecular weight is 762 g/mol. The molecule has 10 aromatic rings. The molecule has 0 saturated heterocycles. The number of nitrogens with zero attached hydrogens (tertiary/aromatic N) is 3. The Hall–Kier alpha value is -6.97. The Morgan fingerprint density at radius 1 is 0.431 bits per heavy atom. The van der Waals surface area contributed by atoms with Gasteiger partial charge in [-0.2, -0.15) is 0 Å². The molecule has 0 amide bonds. The fraction of sp³-hybridized carbons (Fsp3) is 0.0189. The van der Waals surface area contributed by atoms with E-state index < -0.39 is 12.9 Å². The summed E-state index contributed by atoms with van der Waals surface area (Å²) in [5.74, 6) is 0.669. The maximum atomic E-state index is 13.8. The van der Waals surface area contributed by atoms with Crippen LogP contribution in [0, 0.1) is 0 Å². The molecular formula is C53H36N3OP. The quantitative estimate of drug-likeness (QED) is 0.182. The van der Waals surface area contributed by atoms with Crippen molar-refractivity contribution in [3.05, 3.63) is 229 Å². The van der Waals surface area contributed by atoms with Crippen molar-refractivity contribution in [1.29, 1.82) is 0 Å². The summed E-state index contributed by atoms with van der Waals surface area (Å²) in [6.45, 7) is 0. The van der Waals surface area contributed by atoms with Crippen molar-refractivity contribution in [2.75, 3.05) is 0 Å². The summed E-state index contributed by atoms with van der Waals surface area (Å²) in [7, 11) is -3.58. The van der Waals surface area contributed by atoms with Gasteiger partial charge in [0.15, 0.2) is 0 Å². The van der Waals surface area contributed by atoms with Crippen molar-refractivity contribution in [1.82, 2.24) is 14.5 Å². The van der Waals surface area contributed by atoms with E-state index in [1.165, 1.54) is 32.9 Å². The van der Waals surface area contributed by atoms with Crippen molar-refractivity contribution in [3.63, 3.8) is 0 Å². The third-order valence-corrected chi connectivity index (χ3v) is 16.1. The Morgan fingerprint density at radius 2 is 1.02 bits per heavy atom. The number of hydrogen-bond donors (Lipinski definition) is 1. The van der Waals surface area contributed by atoms with Gasteiger partial charge < -0.3 is 0 Å². The monoisotopic (exact) mass is 761 g/mol. The van der Waals surface area contributed by atoms with Gasteiger partial charge in [-0.15, -0.1) is 0 Å². The Kier molecular flexibility index (Phi) is 7.16. The van der Waals surface area contributed by atoms with E-state index in [-0.39, 0.29) is 0 Å². The van der Waals surface area contributed by atoms with Crippen molar-refractivity contribution in [2.24, 2.45) is 0 Å². The summed E-state index contributed by atoms with van der Waals surface area (Å²) < 4.78 is 2.46. The van der Waals surface area contributed by atoms with Crippen molar-refractivity contribution < 1.29 is 4.89 Å². The first-order chi connectivity index (χ1) is 28.7. The topological polar surface area (TPSA) is 50.9 Å². The van der Waals surface area contributed by atoms with Crippen LogP contribution < -0.4 is 15.9 Å². The summed E-state index contributed by atoms with van der Waals surface area (Å²) >= 11 is 0. The summed E-state index contributed by atoms with van der Waals surface area (Å²) in [6.07, 6.45) is 0. The molecule has 0 bridgehead atoms. The van der Waals surface area contributed by atoms with Crippen LogP contribution >= 0.6 is 7.49 Å². The molecule has 2 aromatic heterocycles. The molecule has 12 rings (SSSR count). The van der Waals surface area contributed by atoms with Gasteiger partial charge in [0.25, 0.3) is 0 Å². The molecule has 8 aromatic carbocycles. The molecule has 58 heavy (non-hydrogen) atoms. The molecule has 0 radical (unpaired) electrons. The maximum absolute atomic E-state index is 13.8. The van der Waals surface area contributed by atoms with Crippen LogP contribution in [0.4, 0.5) is 0 Å². The van der Waals surface area contributed by atoms with Gasteiger partial charge in [0.05, 0.1) is 0 Å². The van der Waals surface area contributed by atoms with Gasteiger partial charge in [-0.25, -0.2) is 0 Å². The Labute approximate surface area is 336 Å². The molecule has 274 valence electrons. The van der Waals surface area contributed by atoms with E-state index >= 15 is 0 Å². The molecule has 2 aliphatic heterocycles. The molecule has 0 aliphatic carbocycles. The van der Waals surface area contributed by atoms with Crippen LogP contribution in [-0.2, 0) is 5.41 Å². The van der Waals surface area contributed by atoms with Crippen LogP contribution in [0.3, 0.4) is 0 Å². The molecule has 1 unspecified atom stereocenters. The normalized spacial score (nSPS) is 16.4.